The van der Waals surface area contributed by atoms with Gasteiger partial charge in [0, 0.05) is 10.2 Å². The predicted octanol–water partition coefficient (Wildman–Crippen LogP) is 2.87. The molecule has 3 rings (SSSR count). The second-order valence-corrected chi connectivity index (χ2v) is 5.45. The molecule has 2 aromatic carbocycles. The van der Waals surface area contributed by atoms with Crippen LogP contribution < -0.4 is 5.73 Å². The van der Waals surface area contributed by atoms with Gasteiger partial charge in [0.1, 0.15) is 5.82 Å². The molecule has 1 aromatic heterocycles. The molecule has 106 valence electrons. The molecule has 0 radical (unpaired) electrons. The highest BCUT2D eigenvalue weighted by atomic mass is 79.9. The smallest absolute Gasteiger partial charge is 0.185 e. The third-order valence-electron chi connectivity index (χ3n) is 2.99. The largest absolute Gasteiger partial charge is 0.399 e. The first kappa shape index (κ1) is 13.7. The lowest BCUT2D eigenvalue weighted by Gasteiger charge is -2.06. The quantitative estimate of drug-likeness (QED) is 0.739. The van der Waals surface area contributed by atoms with Crippen molar-refractivity contribution >= 4 is 21.6 Å². The number of aromatic nitrogens is 4. The SMILES string of the molecule is Nc1ccc(-c2nnnn2Cc2cccc(Br)c2)c(F)c1. The van der Waals surface area contributed by atoms with Gasteiger partial charge in [-0.1, -0.05) is 28.1 Å². The van der Waals surface area contributed by atoms with E-state index in [0.717, 1.165) is 10.0 Å². The van der Waals surface area contributed by atoms with E-state index in [1.54, 1.807) is 16.8 Å². The third-order valence-corrected chi connectivity index (χ3v) is 3.48. The molecule has 1 heterocycles. The van der Waals surface area contributed by atoms with Crippen molar-refractivity contribution in [1.29, 1.82) is 0 Å². The van der Waals surface area contributed by atoms with Gasteiger partial charge < -0.3 is 5.73 Å². The van der Waals surface area contributed by atoms with Gasteiger partial charge in [0.2, 0.25) is 0 Å². The topological polar surface area (TPSA) is 69.6 Å². The van der Waals surface area contributed by atoms with Crippen LogP contribution in [0.1, 0.15) is 5.56 Å². The number of nitrogens with two attached hydrogens (primary N) is 1. The molecule has 2 N–H and O–H groups in total. The van der Waals surface area contributed by atoms with E-state index in [4.69, 9.17) is 5.73 Å². The summed E-state index contributed by atoms with van der Waals surface area (Å²) in [4.78, 5) is 0. The lowest BCUT2D eigenvalue weighted by molar-refractivity contribution is 0.621. The van der Waals surface area contributed by atoms with Gasteiger partial charge in [-0.15, -0.1) is 5.10 Å². The van der Waals surface area contributed by atoms with Crippen LogP contribution in [-0.2, 0) is 6.54 Å². The maximum absolute atomic E-state index is 14.0. The zero-order valence-electron chi connectivity index (χ0n) is 10.9. The number of rotatable bonds is 3. The number of hydrogen-bond donors (Lipinski definition) is 1. The van der Waals surface area contributed by atoms with Gasteiger partial charge in [-0.05, 0) is 46.3 Å². The highest BCUT2D eigenvalue weighted by Gasteiger charge is 2.14. The van der Waals surface area contributed by atoms with E-state index in [9.17, 15) is 4.39 Å². The average molecular weight is 348 g/mol. The van der Waals surface area contributed by atoms with Gasteiger partial charge in [-0.3, -0.25) is 0 Å². The van der Waals surface area contributed by atoms with Crippen LogP contribution in [0.3, 0.4) is 0 Å². The van der Waals surface area contributed by atoms with Crippen LogP contribution in [0.4, 0.5) is 10.1 Å². The van der Waals surface area contributed by atoms with Crippen molar-refractivity contribution in [2.75, 3.05) is 5.73 Å². The summed E-state index contributed by atoms with van der Waals surface area (Å²) in [5.74, 6) is -0.0761. The van der Waals surface area contributed by atoms with Crippen LogP contribution in [0, 0.1) is 5.82 Å². The molecule has 0 atom stereocenters. The van der Waals surface area contributed by atoms with Gasteiger partial charge in [-0.2, -0.15) is 0 Å². The Morgan fingerprint density at radius 2 is 2.05 bits per heavy atom. The van der Waals surface area contributed by atoms with Crippen molar-refractivity contribution in [3.8, 4) is 11.4 Å². The molecule has 0 saturated carbocycles. The average Bonchev–Trinajstić information content (AvgIpc) is 2.87. The van der Waals surface area contributed by atoms with E-state index >= 15 is 0 Å². The van der Waals surface area contributed by atoms with Crippen molar-refractivity contribution in [1.82, 2.24) is 20.2 Å². The number of nitrogens with zero attached hydrogens (tertiary/aromatic N) is 4. The Morgan fingerprint density at radius 1 is 1.19 bits per heavy atom. The molecule has 5 nitrogen and oxygen atoms in total. The Kier molecular flexibility index (Phi) is 3.66. The summed E-state index contributed by atoms with van der Waals surface area (Å²) in [7, 11) is 0. The molecule has 0 aliphatic heterocycles. The molecule has 0 aliphatic carbocycles. The first-order chi connectivity index (χ1) is 10.1. The molecule has 0 fully saturated rings. The Hall–Kier alpha value is -2.28. The van der Waals surface area contributed by atoms with E-state index in [1.165, 1.54) is 6.07 Å². The molecular formula is C14H11BrFN5. The first-order valence-corrected chi connectivity index (χ1v) is 6.99. The number of hydrogen-bond acceptors (Lipinski definition) is 4. The van der Waals surface area contributed by atoms with Gasteiger partial charge in [0.15, 0.2) is 5.82 Å². The normalized spacial score (nSPS) is 10.8. The fourth-order valence-electron chi connectivity index (χ4n) is 2.02. The van der Waals surface area contributed by atoms with Gasteiger partial charge in [0.25, 0.3) is 0 Å². The minimum Gasteiger partial charge on any atom is -0.399 e. The van der Waals surface area contributed by atoms with Crippen LogP contribution >= 0.6 is 15.9 Å². The highest BCUT2D eigenvalue weighted by Crippen LogP contribution is 2.23. The van der Waals surface area contributed by atoms with Crippen molar-refractivity contribution in [2.45, 2.75) is 6.54 Å². The molecule has 21 heavy (non-hydrogen) atoms. The predicted molar refractivity (Wildman–Crippen MR) is 80.9 cm³/mol. The van der Waals surface area contributed by atoms with E-state index in [0.29, 0.717) is 23.6 Å². The summed E-state index contributed by atoms with van der Waals surface area (Å²) in [6, 6.07) is 12.2. The molecule has 0 aliphatic rings. The van der Waals surface area contributed by atoms with Crippen LogP contribution in [0.25, 0.3) is 11.4 Å². The standard InChI is InChI=1S/C14H11BrFN5/c15-10-3-1-2-9(6-10)8-21-14(18-19-20-21)12-5-4-11(17)7-13(12)16/h1-7H,8,17H2. The minimum atomic E-state index is -0.444. The van der Waals surface area contributed by atoms with E-state index in [1.807, 2.05) is 24.3 Å². The number of anilines is 1. The van der Waals surface area contributed by atoms with E-state index in [2.05, 4.69) is 31.5 Å². The monoisotopic (exact) mass is 347 g/mol. The van der Waals surface area contributed by atoms with Crippen molar-refractivity contribution in [2.24, 2.45) is 0 Å². The summed E-state index contributed by atoms with van der Waals surface area (Å²) in [5.41, 5.74) is 7.25. The Morgan fingerprint density at radius 3 is 2.81 bits per heavy atom. The summed E-state index contributed by atoms with van der Waals surface area (Å²) < 4.78 is 16.5. The molecule has 0 spiro atoms. The second kappa shape index (κ2) is 5.61. The summed E-state index contributed by atoms with van der Waals surface area (Å²) in [6.45, 7) is 0.450. The minimum absolute atomic E-state index is 0.323. The van der Waals surface area contributed by atoms with Crippen LogP contribution in [0.5, 0.6) is 0 Å². The van der Waals surface area contributed by atoms with Crippen molar-refractivity contribution < 1.29 is 4.39 Å². The van der Waals surface area contributed by atoms with Crippen LogP contribution in [0.15, 0.2) is 46.9 Å². The summed E-state index contributed by atoms with van der Waals surface area (Å²) >= 11 is 3.41. The Bertz CT molecular complexity index is 787. The van der Waals surface area contributed by atoms with Gasteiger partial charge in [0.05, 0.1) is 12.1 Å². The number of nitrogen functional groups attached to an aromatic ring is 1. The van der Waals surface area contributed by atoms with Crippen LogP contribution in [-0.4, -0.2) is 20.2 Å². The van der Waals surface area contributed by atoms with Gasteiger partial charge in [-0.25, -0.2) is 9.07 Å². The number of tetrazole rings is 1. The zero-order chi connectivity index (χ0) is 14.8. The van der Waals surface area contributed by atoms with E-state index < -0.39 is 5.82 Å². The maximum atomic E-state index is 14.0. The maximum Gasteiger partial charge on any atom is 0.185 e. The molecular weight excluding hydrogens is 337 g/mol. The lowest BCUT2D eigenvalue weighted by atomic mass is 10.1. The fourth-order valence-corrected chi connectivity index (χ4v) is 2.47. The third kappa shape index (κ3) is 2.92. The Balaban J connectivity index is 1.97. The first-order valence-electron chi connectivity index (χ1n) is 6.19. The molecule has 0 amide bonds. The molecule has 3 aromatic rings. The lowest BCUT2D eigenvalue weighted by Crippen LogP contribution is -2.05. The van der Waals surface area contributed by atoms with Crippen molar-refractivity contribution in [3.05, 3.63) is 58.3 Å². The van der Waals surface area contributed by atoms with E-state index in [-0.39, 0.29) is 0 Å². The molecule has 0 bridgehead atoms. The molecule has 0 saturated heterocycles. The molecule has 0 unspecified atom stereocenters. The fraction of sp³-hybridized carbons (Fsp3) is 0.0714. The molecule has 7 heteroatoms. The highest BCUT2D eigenvalue weighted by molar-refractivity contribution is 9.10. The second-order valence-electron chi connectivity index (χ2n) is 4.53. The van der Waals surface area contributed by atoms with Crippen molar-refractivity contribution in [3.63, 3.8) is 0 Å². The zero-order valence-corrected chi connectivity index (χ0v) is 12.5. The Labute approximate surface area is 128 Å². The number of benzene rings is 2. The summed E-state index contributed by atoms with van der Waals surface area (Å²) in [5, 5.41) is 11.5. The van der Waals surface area contributed by atoms with Gasteiger partial charge >= 0.3 is 0 Å². The number of halogens is 2. The van der Waals surface area contributed by atoms with Crippen LogP contribution in [0.2, 0.25) is 0 Å². The summed E-state index contributed by atoms with van der Waals surface area (Å²) in [6.07, 6.45) is 0.